The molecule has 3 rings (SSSR count). The average Bonchev–Trinajstić information content (AvgIpc) is 2.88. The van der Waals surface area contributed by atoms with Gasteiger partial charge in [0.25, 0.3) is 0 Å². The lowest BCUT2D eigenvalue weighted by Crippen LogP contribution is -2.01. The van der Waals surface area contributed by atoms with Crippen molar-refractivity contribution in [1.82, 2.24) is 4.57 Å². The third kappa shape index (κ3) is 3.25. The Balaban J connectivity index is 2.10. The largest absolute Gasteiger partial charge is 0.315 e. The molecule has 0 aliphatic rings. The molecule has 3 heteroatoms. The van der Waals surface area contributed by atoms with E-state index in [1.807, 2.05) is 67.8 Å². The van der Waals surface area contributed by atoms with Crippen LogP contribution >= 0.6 is 0 Å². The molecule has 2 nitrogen and oxygen atoms in total. The lowest BCUT2D eigenvalue weighted by molar-refractivity contribution is 0.616. The van der Waals surface area contributed by atoms with Crippen molar-refractivity contribution < 1.29 is 4.39 Å². The van der Waals surface area contributed by atoms with Crippen LogP contribution < -0.4 is 0 Å². The van der Waals surface area contributed by atoms with Crippen LogP contribution in [0, 0.1) is 37.9 Å². The summed E-state index contributed by atoms with van der Waals surface area (Å²) in [5.74, 6) is -0.265. The summed E-state index contributed by atoms with van der Waals surface area (Å²) in [6.07, 6.45) is 1.87. The number of hydrogen-bond donors (Lipinski definition) is 0. The summed E-state index contributed by atoms with van der Waals surface area (Å²) in [5, 5.41) is 9.55. The number of benzene rings is 2. The van der Waals surface area contributed by atoms with Crippen molar-refractivity contribution in [2.75, 3.05) is 0 Å². The lowest BCUT2D eigenvalue weighted by Gasteiger charge is -2.10. The predicted molar refractivity (Wildman–Crippen MR) is 99.9 cm³/mol. The maximum Gasteiger partial charge on any atom is 0.147 e. The van der Waals surface area contributed by atoms with E-state index in [1.165, 1.54) is 6.07 Å². The van der Waals surface area contributed by atoms with Gasteiger partial charge in [0.15, 0.2) is 0 Å². The van der Waals surface area contributed by atoms with Crippen molar-refractivity contribution in [2.24, 2.45) is 0 Å². The number of allylic oxidation sites excluding steroid dienone is 1. The number of nitriles is 1. The van der Waals surface area contributed by atoms with Crippen molar-refractivity contribution in [1.29, 1.82) is 5.26 Å². The van der Waals surface area contributed by atoms with E-state index in [0.29, 0.717) is 11.3 Å². The molecule has 0 aliphatic carbocycles. The second-order valence-electron chi connectivity index (χ2n) is 6.15. The third-order valence-corrected chi connectivity index (χ3v) is 4.35. The summed E-state index contributed by atoms with van der Waals surface area (Å²) < 4.78 is 16.1. The number of nitrogens with zero attached hydrogens (tertiary/aromatic N) is 2. The Morgan fingerprint density at radius 1 is 1.04 bits per heavy atom. The van der Waals surface area contributed by atoms with Gasteiger partial charge in [0.05, 0.1) is 17.3 Å². The predicted octanol–water partition coefficient (Wildman–Crippen LogP) is 5.61. The Morgan fingerprint density at radius 2 is 1.72 bits per heavy atom. The molecule has 0 bridgehead atoms. The molecular formula is C22H19FN2. The number of hydrogen-bond acceptors (Lipinski definition) is 1. The Morgan fingerprint density at radius 3 is 2.36 bits per heavy atom. The molecule has 0 saturated carbocycles. The van der Waals surface area contributed by atoms with E-state index in [9.17, 15) is 9.65 Å². The zero-order valence-electron chi connectivity index (χ0n) is 14.5. The van der Waals surface area contributed by atoms with Gasteiger partial charge in [-0.1, -0.05) is 42.0 Å². The van der Waals surface area contributed by atoms with Gasteiger partial charge >= 0.3 is 0 Å². The lowest BCUT2D eigenvalue weighted by atomic mass is 10.0. The molecule has 0 aliphatic heterocycles. The van der Waals surface area contributed by atoms with Gasteiger partial charge in [0, 0.05) is 11.4 Å². The van der Waals surface area contributed by atoms with Gasteiger partial charge in [0.2, 0.25) is 0 Å². The second kappa shape index (κ2) is 6.78. The first-order chi connectivity index (χ1) is 12.0. The molecule has 25 heavy (non-hydrogen) atoms. The number of rotatable bonds is 3. The highest BCUT2D eigenvalue weighted by molar-refractivity contribution is 5.90. The van der Waals surface area contributed by atoms with Gasteiger partial charge in [-0.3, -0.25) is 0 Å². The second-order valence-corrected chi connectivity index (χ2v) is 6.15. The van der Waals surface area contributed by atoms with Crippen molar-refractivity contribution in [3.63, 3.8) is 0 Å². The summed E-state index contributed by atoms with van der Waals surface area (Å²) in [6.45, 7) is 5.89. The highest BCUT2D eigenvalue weighted by Gasteiger charge is 2.13. The van der Waals surface area contributed by atoms with Crippen molar-refractivity contribution >= 4 is 11.6 Å². The molecule has 1 aromatic heterocycles. The minimum atomic E-state index is -0.265. The molecule has 0 N–H and O–H groups in total. The summed E-state index contributed by atoms with van der Waals surface area (Å²) in [5.41, 5.74) is 5.89. The first-order valence-corrected chi connectivity index (χ1v) is 8.14. The van der Waals surface area contributed by atoms with Crippen LogP contribution in [0.1, 0.15) is 28.1 Å². The van der Waals surface area contributed by atoms with E-state index in [-0.39, 0.29) is 5.82 Å². The molecule has 0 fully saturated rings. The standard InChI is InChI=1S/C22H19FN2/c1-15-8-10-18(11-9-15)20(14-24)13-19-12-16(2)25(17(19)3)22-7-5-4-6-21(22)23/h4-13H,1-3H3/b20-13-. The number of halogens is 1. The number of aryl methyl sites for hydroxylation is 2. The molecule has 0 unspecified atom stereocenters. The first kappa shape index (κ1) is 16.7. The van der Waals surface area contributed by atoms with Gasteiger partial charge in [-0.2, -0.15) is 5.26 Å². The van der Waals surface area contributed by atoms with E-state index in [0.717, 1.165) is 28.1 Å². The molecular weight excluding hydrogens is 311 g/mol. The van der Waals surface area contributed by atoms with Crippen molar-refractivity contribution in [3.8, 4) is 11.8 Å². The van der Waals surface area contributed by atoms with E-state index in [2.05, 4.69) is 6.07 Å². The van der Waals surface area contributed by atoms with Gasteiger partial charge in [-0.25, -0.2) is 4.39 Å². The molecule has 0 atom stereocenters. The Bertz CT molecular complexity index is 986. The first-order valence-electron chi connectivity index (χ1n) is 8.14. The minimum absolute atomic E-state index is 0.265. The van der Waals surface area contributed by atoms with Crippen molar-refractivity contribution in [3.05, 3.63) is 88.5 Å². The van der Waals surface area contributed by atoms with Crippen LogP contribution in [0.5, 0.6) is 0 Å². The number of aromatic nitrogens is 1. The molecule has 0 radical (unpaired) electrons. The van der Waals surface area contributed by atoms with E-state index >= 15 is 0 Å². The molecule has 0 spiro atoms. The zero-order valence-corrected chi connectivity index (χ0v) is 14.5. The van der Waals surface area contributed by atoms with Gasteiger partial charge in [-0.15, -0.1) is 0 Å². The Kier molecular flexibility index (Phi) is 4.54. The molecule has 2 aromatic carbocycles. The number of para-hydroxylation sites is 1. The normalized spacial score (nSPS) is 11.4. The quantitative estimate of drug-likeness (QED) is 0.574. The van der Waals surface area contributed by atoms with Crippen LogP contribution in [0.15, 0.2) is 54.6 Å². The molecule has 3 aromatic rings. The SMILES string of the molecule is Cc1ccc(/C(C#N)=C\c2cc(C)n(-c3ccccc3F)c2C)cc1. The van der Waals surface area contributed by atoms with Crippen LogP contribution in [-0.4, -0.2) is 4.57 Å². The topological polar surface area (TPSA) is 28.7 Å². The highest BCUT2D eigenvalue weighted by Crippen LogP contribution is 2.26. The third-order valence-electron chi connectivity index (χ3n) is 4.35. The van der Waals surface area contributed by atoms with E-state index in [4.69, 9.17) is 0 Å². The van der Waals surface area contributed by atoms with Gasteiger partial charge in [0.1, 0.15) is 5.82 Å². The molecule has 124 valence electrons. The van der Waals surface area contributed by atoms with E-state index in [1.54, 1.807) is 12.1 Å². The van der Waals surface area contributed by atoms with Gasteiger partial charge < -0.3 is 4.57 Å². The van der Waals surface area contributed by atoms with Gasteiger partial charge in [-0.05, 0) is 56.2 Å². The fourth-order valence-corrected chi connectivity index (χ4v) is 3.01. The molecule has 1 heterocycles. The van der Waals surface area contributed by atoms with Crippen LogP contribution in [0.25, 0.3) is 17.3 Å². The van der Waals surface area contributed by atoms with E-state index < -0.39 is 0 Å². The summed E-state index contributed by atoms with van der Waals surface area (Å²) in [6, 6.07) is 18.8. The van der Waals surface area contributed by atoms with Crippen LogP contribution in [0.4, 0.5) is 4.39 Å². The van der Waals surface area contributed by atoms with Crippen molar-refractivity contribution in [2.45, 2.75) is 20.8 Å². The molecule has 0 saturated heterocycles. The summed E-state index contributed by atoms with van der Waals surface area (Å²) in [7, 11) is 0. The average molecular weight is 330 g/mol. The van der Waals surface area contributed by atoms with Crippen LogP contribution in [-0.2, 0) is 0 Å². The smallest absolute Gasteiger partial charge is 0.147 e. The Hall–Kier alpha value is -3.12. The fourth-order valence-electron chi connectivity index (χ4n) is 3.01. The highest BCUT2D eigenvalue weighted by atomic mass is 19.1. The zero-order chi connectivity index (χ0) is 18.0. The Labute approximate surface area is 147 Å². The molecule has 0 amide bonds. The summed E-state index contributed by atoms with van der Waals surface area (Å²) in [4.78, 5) is 0. The van der Waals surface area contributed by atoms with Crippen LogP contribution in [0.2, 0.25) is 0 Å². The maximum absolute atomic E-state index is 14.2. The summed E-state index contributed by atoms with van der Waals surface area (Å²) >= 11 is 0. The fraction of sp³-hybridized carbons (Fsp3) is 0.136. The minimum Gasteiger partial charge on any atom is -0.315 e. The maximum atomic E-state index is 14.2. The van der Waals surface area contributed by atoms with Crippen LogP contribution in [0.3, 0.4) is 0 Å². The monoisotopic (exact) mass is 330 g/mol.